The normalized spacial score (nSPS) is 13.9. The van der Waals surface area contributed by atoms with Crippen LogP contribution in [0.1, 0.15) is 35.8 Å². The molecule has 0 atom stereocenters. The summed E-state index contributed by atoms with van der Waals surface area (Å²) < 4.78 is 47.2. The molecular weight excluding hydrogens is 487 g/mol. The molecule has 37 heavy (non-hydrogen) atoms. The summed E-state index contributed by atoms with van der Waals surface area (Å²) in [5.74, 6) is 0.194. The Morgan fingerprint density at radius 3 is 2.46 bits per heavy atom. The highest BCUT2D eigenvalue weighted by molar-refractivity contribution is 5.77. The van der Waals surface area contributed by atoms with Gasteiger partial charge in [0.05, 0.1) is 30.9 Å². The lowest BCUT2D eigenvalue weighted by molar-refractivity contribution is -0.147. The molecule has 0 bridgehead atoms. The molecule has 1 aliphatic carbocycles. The Morgan fingerprint density at radius 1 is 1.00 bits per heavy atom. The Bertz CT molecular complexity index is 1600. The molecule has 0 unspecified atom stereocenters. The van der Waals surface area contributed by atoms with Crippen molar-refractivity contribution < 1.29 is 17.9 Å². The fourth-order valence-electron chi connectivity index (χ4n) is 4.20. The molecule has 0 N–H and O–H groups in total. The van der Waals surface area contributed by atoms with Gasteiger partial charge in [-0.25, -0.2) is 34.3 Å². The average molecular weight is 507 g/mol. The minimum absolute atomic E-state index is 0.00814. The van der Waals surface area contributed by atoms with Crippen LogP contribution in [0.2, 0.25) is 0 Å². The molecule has 4 heterocycles. The van der Waals surface area contributed by atoms with Crippen molar-refractivity contribution in [3.8, 4) is 28.7 Å². The summed E-state index contributed by atoms with van der Waals surface area (Å²) in [7, 11) is 2.77. The van der Waals surface area contributed by atoms with Crippen LogP contribution in [0.5, 0.6) is 5.88 Å². The number of alkyl halides is 3. The molecule has 1 aliphatic rings. The summed E-state index contributed by atoms with van der Waals surface area (Å²) in [4.78, 5) is 21.7. The molecule has 0 radical (unpaired) electrons. The Kier molecular flexibility index (Phi) is 5.35. The van der Waals surface area contributed by atoms with Gasteiger partial charge in [0, 0.05) is 24.7 Å². The van der Waals surface area contributed by atoms with E-state index in [1.54, 1.807) is 48.5 Å². The minimum Gasteiger partial charge on any atom is -0.480 e. The van der Waals surface area contributed by atoms with Crippen LogP contribution in [0.3, 0.4) is 0 Å². The van der Waals surface area contributed by atoms with Crippen LogP contribution in [0.15, 0.2) is 43.0 Å². The molecule has 13 heteroatoms. The first kappa shape index (κ1) is 23.0. The molecular formula is C24H20F3N9O. The third-order valence-electron chi connectivity index (χ3n) is 6.16. The first-order valence-electron chi connectivity index (χ1n) is 11.5. The first-order valence-corrected chi connectivity index (χ1v) is 11.5. The maximum atomic E-state index is 13.1. The second-order valence-corrected chi connectivity index (χ2v) is 8.77. The second kappa shape index (κ2) is 8.61. The van der Waals surface area contributed by atoms with Gasteiger partial charge in [-0.05, 0) is 18.4 Å². The van der Waals surface area contributed by atoms with Gasteiger partial charge in [0.2, 0.25) is 11.7 Å². The largest absolute Gasteiger partial charge is 0.480 e. The SMILES string of the molecule is COc1ncnc(C2CC2)c1-c1ncc2cnn(Cc3ccc(-c4nc(C(F)(F)F)n(C)n4)cc3)c2n1. The molecule has 0 aliphatic heterocycles. The molecule has 1 saturated carbocycles. The van der Waals surface area contributed by atoms with Gasteiger partial charge in [-0.15, -0.1) is 0 Å². The summed E-state index contributed by atoms with van der Waals surface area (Å²) in [6.07, 6.45) is 2.41. The zero-order valence-electron chi connectivity index (χ0n) is 19.8. The van der Waals surface area contributed by atoms with Crippen LogP contribution in [0.4, 0.5) is 13.2 Å². The summed E-state index contributed by atoms with van der Waals surface area (Å²) in [5, 5.41) is 9.13. The molecule has 6 rings (SSSR count). The molecule has 10 nitrogen and oxygen atoms in total. The van der Waals surface area contributed by atoms with E-state index in [1.165, 1.54) is 13.4 Å². The molecule has 1 fully saturated rings. The van der Waals surface area contributed by atoms with Gasteiger partial charge in [0.25, 0.3) is 0 Å². The van der Waals surface area contributed by atoms with Crippen molar-refractivity contribution in [1.29, 1.82) is 0 Å². The van der Waals surface area contributed by atoms with E-state index in [-0.39, 0.29) is 5.82 Å². The van der Waals surface area contributed by atoms with E-state index in [0.717, 1.165) is 34.2 Å². The predicted molar refractivity (Wildman–Crippen MR) is 125 cm³/mol. The van der Waals surface area contributed by atoms with Gasteiger partial charge in [-0.3, -0.25) is 0 Å². The summed E-state index contributed by atoms with van der Waals surface area (Å²) >= 11 is 0. The van der Waals surface area contributed by atoms with Crippen LogP contribution in [-0.2, 0) is 19.8 Å². The summed E-state index contributed by atoms with van der Waals surface area (Å²) in [5.41, 5.74) is 3.55. The quantitative estimate of drug-likeness (QED) is 0.339. The zero-order valence-corrected chi connectivity index (χ0v) is 19.8. The maximum Gasteiger partial charge on any atom is 0.451 e. The summed E-state index contributed by atoms with van der Waals surface area (Å²) in [6.45, 7) is 0.390. The van der Waals surface area contributed by atoms with E-state index in [0.29, 0.717) is 40.9 Å². The fourth-order valence-corrected chi connectivity index (χ4v) is 4.20. The van der Waals surface area contributed by atoms with Crippen molar-refractivity contribution in [3.63, 3.8) is 0 Å². The highest BCUT2D eigenvalue weighted by atomic mass is 19.4. The van der Waals surface area contributed by atoms with E-state index in [1.807, 2.05) is 0 Å². The Balaban J connectivity index is 1.31. The highest BCUT2D eigenvalue weighted by Gasteiger charge is 2.37. The van der Waals surface area contributed by atoms with Gasteiger partial charge >= 0.3 is 6.18 Å². The minimum atomic E-state index is -4.57. The lowest BCUT2D eigenvalue weighted by Crippen LogP contribution is -2.13. The van der Waals surface area contributed by atoms with Crippen LogP contribution < -0.4 is 4.74 Å². The van der Waals surface area contributed by atoms with Crippen molar-refractivity contribution in [2.24, 2.45) is 7.05 Å². The first-order chi connectivity index (χ1) is 17.8. The number of ether oxygens (including phenoxy) is 1. The summed E-state index contributed by atoms with van der Waals surface area (Å²) in [6, 6.07) is 6.97. The van der Waals surface area contributed by atoms with E-state index in [2.05, 4.69) is 30.1 Å². The van der Waals surface area contributed by atoms with Crippen molar-refractivity contribution >= 4 is 11.0 Å². The Hall–Kier alpha value is -4.42. The Labute approximate surface area is 208 Å². The van der Waals surface area contributed by atoms with E-state index in [9.17, 15) is 13.2 Å². The second-order valence-electron chi connectivity index (χ2n) is 8.77. The van der Waals surface area contributed by atoms with Crippen molar-refractivity contribution in [1.82, 2.24) is 44.5 Å². The monoisotopic (exact) mass is 507 g/mol. The van der Waals surface area contributed by atoms with Gasteiger partial charge in [0.15, 0.2) is 17.3 Å². The number of nitrogens with zero attached hydrogens (tertiary/aromatic N) is 9. The van der Waals surface area contributed by atoms with Crippen LogP contribution in [0, 0.1) is 0 Å². The number of aromatic nitrogens is 9. The zero-order chi connectivity index (χ0) is 25.7. The molecule has 188 valence electrons. The van der Waals surface area contributed by atoms with Crippen molar-refractivity contribution in [2.45, 2.75) is 31.5 Å². The molecule has 4 aromatic heterocycles. The van der Waals surface area contributed by atoms with Crippen molar-refractivity contribution in [2.75, 3.05) is 7.11 Å². The third-order valence-corrected chi connectivity index (χ3v) is 6.16. The third kappa shape index (κ3) is 4.26. The fraction of sp³-hybridized carbons (Fsp3) is 0.292. The number of halogens is 3. The van der Waals surface area contributed by atoms with Crippen molar-refractivity contribution in [3.05, 3.63) is 60.1 Å². The number of methoxy groups -OCH3 is 1. The van der Waals surface area contributed by atoms with Crippen LogP contribution in [-0.4, -0.2) is 51.6 Å². The maximum absolute atomic E-state index is 13.1. The molecule has 0 saturated heterocycles. The van der Waals surface area contributed by atoms with E-state index >= 15 is 0 Å². The number of aryl methyl sites for hydroxylation is 1. The van der Waals surface area contributed by atoms with Gasteiger partial charge in [-0.2, -0.15) is 23.4 Å². The highest BCUT2D eigenvalue weighted by Crippen LogP contribution is 2.44. The van der Waals surface area contributed by atoms with E-state index < -0.39 is 12.0 Å². The molecule has 0 amide bonds. The van der Waals surface area contributed by atoms with Gasteiger partial charge in [0.1, 0.15) is 11.9 Å². The molecule has 5 aromatic rings. The van der Waals surface area contributed by atoms with Crippen LogP contribution in [0.25, 0.3) is 33.8 Å². The van der Waals surface area contributed by atoms with Gasteiger partial charge < -0.3 is 4.74 Å². The lowest BCUT2D eigenvalue weighted by atomic mass is 10.1. The topological polar surface area (TPSA) is 109 Å². The number of hydrogen-bond acceptors (Lipinski definition) is 8. The lowest BCUT2D eigenvalue weighted by Gasteiger charge is -2.11. The van der Waals surface area contributed by atoms with Crippen LogP contribution >= 0.6 is 0 Å². The number of benzene rings is 1. The average Bonchev–Trinajstić information content (AvgIpc) is 3.55. The van der Waals surface area contributed by atoms with E-state index in [4.69, 9.17) is 9.72 Å². The predicted octanol–water partition coefficient (Wildman–Crippen LogP) is 4.03. The molecule has 0 spiro atoms. The standard InChI is InChI=1S/C24H20F3N9O/c1-35-23(24(25,26)27)33-19(34-35)15-5-3-13(4-6-15)11-36-21-16(10-31-36)9-28-20(32-21)17-18(14-7-8-14)29-12-30-22(17)37-2/h3-6,9-10,12,14H,7-8,11H2,1-2H3. The Morgan fingerprint density at radius 2 is 1.78 bits per heavy atom. The smallest absolute Gasteiger partial charge is 0.451 e. The number of hydrogen-bond donors (Lipinski definition) is 0. The van der Waals surface area contributed by atoms with Gasteiger partial charge in [-0.1, -0.05) is 24.3 Å². The number of rotatable bonds is 6. The number of fused-ring (bicyclic) bond motifs is 1. The molecule has 1 aromatic carbocycles.